The maximum Gasteiger partial charge on any atom is 0.00465 e. The van der Waals surface area contributed by atoms with Crippen molar-refractivity contribution in [2.45, 2.75) is 25.2 Å². The molecule has 0 bridgehead atoms. The molecule has 0 aromatic heterocycles. The van der Waals surface area contributed by atoms with Gasteiger partial charge in [-0.15, -0.1) is 6.58 Å². The van der Waals surface area contributed by atoms with Crippen LogP contribution in [0.5, 0.6) is 0 Å². The molecule has 0 aliphatic heterocycles. The fourth-order valence-corrected chi connectivity index (χ4v) is 2.29. The van der Waals surface area contributed by atoms with Crippen LogP contribution in [0.4, 0.5) is 0 Å². The molecule has 0 saturated heterocycles. The Morgan fingerprint density at radius 2 is 1.53 bits per heavy atom. The molecule has 2 rings (SSSR count). The van der Waals surface area contributed by atoms with E-state index in [2.05, 4.69) is 73.7 Å². The lowest BCUT2D eigenvalue weighted by Gasteiger charge is -2.12. The average Bonchev–Trinajstić information content (AvgIpc) is 2.49. The highest BCUT2D eigenvalue weighted by Crippen LogP contribution is 2.22. The van der Waals surface area contributed by atoms with Gasteiger partial charge in [-0.1, -0.05) is 66.7 Å². The van der Waals surface area contributed by atoms with Crippen LogP contribution in [0.2, 0.25) is 0 Å². The monoisotopic (exact) mass is 249 g/mol. The van der Waals surface area contributed by atoms with Crippen molar-refractivity contribution in [3.63, 3.8) is 0 Å². The van der Waals surface area contributed by atoms with E-state index >= 15 is 0 Å². The first-order chi connectivity index (χ1) is 9.40. The normalized spacial score (nSPS) is 12.0. The Morgan fingerprint density at radius 1 is 0.895 bits per heavy atom. The van der Waals surface area contributed by atoms with Gasteiger partial charge in [-0.25, -0.2) is 0 Å². The number of allylic oxidation sites excluding steroid dienone is 1. The molecular formula is C19H21. The Bertz CT molecular complexity index is 470. The fraction of sp³-hybridized carbons (Fsp3) is 0.211. The standard InChI is InChI=1S/C19H21/c1-2-18(19-15-7-4-8-16-19)14-10-9-13-17-11-5-3-6-12-17/h2-8,11-12,14-16,18H,1,9-10,13H2. The summed E-state index contributed by atoms with van der Waals surface area (Å²) >= 11 is 0. The Kier molecular flexibility index (Phi) is 5.43. The third-order valence-electron chi connectivity index (χ3n) is 3.37. The number of aryl methyl sites for hydroxylation is 1. The number of benzene rings is 2. The van der Waals surface area contributed by atoms with Crippen molar-refractivity contribution in [1.82, 2.24) is 0 Å². The summed E-state index contributed by atoms with van der Waals surface area (Å²) < 4.78 is 0. The summed E-state index contributed by atoms with van der Waals surface area (Å²) in [6.07, 6.45) is 7.86. The van der Waals surface area contributed by atoms with E-state index in [0.717, 1.165) is 12.8 Å². The van der Waals surface area contributed by atoms with Crippen LogP contribution < -0.4 is 0 Å². The van der Waals surface area contributed by atoms with Gasteiger partial charge in [0.1, 0.15) is 0 Å². The minimum absolute atomic E-state index is 0.372. The number of hydrogen-bond acceptors (Lipinski definition) is 0. The first-order valence-electron chi connectivity index (χ1n) is 6.95. The first-order valence-corrected chi connectivity index (χ1v) is 6.95. The second kappa shape index (κ2) is 7.58. The van der Waals surface area contributed by atoms with E-state index in [1.54, 1.807) is 0 Å². The summed E-state index contributed by atoms with van der Waals surface area (Å²) in [5.41, 5.74) is 2.75. The number of unbranched alkanes of at least 4 members (excludes halogenated alkanes) is 1. The summed E-state index contributed by atoms with van der Waals surface area (Å²) in [6, 6.07) is 21.2. The lowest BCUT2D eigenvalue weighted by molar-refractivity contribution is 0.762. The lowest BCUT2D eigenvalue weighted by Crippen LogP contribution is -1.96. The summed E-state index contributed by atoms with van der Waals surface area (Å²) in [5.74, 6) is 0.372. The molecule has 0 heterocycles. The van der Waals surface area contributed by atoms with Gasteiger partial charge in [-0.05, 0) is 36.8 Å². The van der Waals surface area contributed by atoms with Crippen molar-refractivity contribution in [2.75, 3.05) is 0 Å². The predicted molar refractivity (Wildman–Crippen MR) is 83.1 cm³/mol. The fourth-order valence-electron chi connectivity index (χ4n) is 2.29. The van der Waals surface area contributed by atoms with Crippen molar-refractivity contribution in [3.05, 3.63) is 90.9 Å². The van der Waals surface area contributed by atoms with Crippen molar-refractivity contribution < 1.29 is 0 Å². The molecule has 0 fully saturated rings. The second-order valence-electron chi connectivity index (χ2n) is 4.79. The number of hydrogen-bond donors (Lipinski definition) is 0. The van der Waals surface area contributed by atoms with Gasteiger partial charge >= 0.3 is 0 Å². The average molecular weight is 249 g/mol. The van der Waals surface area contributed by atoms with Gasteiger partial charge in [0, 0.05) is 5.92 Å². The molecule has 0 aliphatic rings. The van der Waals surface area contributed by atoms with Gasteiger partial charge in [0.15, 0.2) is 0 Å². The van der Waals surface area contributed by atoms with Gasteiger partial charge in [0.05, 0.1) is 0 Å². The minimum atomic E-state index is 0.372. The molecule has 0 aliphatic carbocycles. The molecule has 0 N–H and O–H groups in total. The minimum Gasteiger partial charge on any atom is -0.102 e. The molecule has 0 nitrogen and oxygen atoms in total. The molecule has 0 saturated carbocycles. The van der Waals surface area contributed by atoms with Crippen LogP contribution in [0.15, 0.2) is 73.3 Å². The molecular weight excluding hydrogens is 228 g/mol. The zero-order valence-corrected chi connectivity index (χ0v) is 11.3. The largest absolute Gasteiger partial charge is 0.102 e. The highest BCUT2D eigenvalue weighted by atomic mass is 14.1. The molecule has 0 spiro atoms. The van der Waals surface area contributed by atoms with Crippen molar-refractivity contribution in [2.24, 2.45) is 0 Å². The van der Waals surface area contributed by atoms with Crippen LogP contribution in [-0.4, -0.2) is 0 Å². The van der Waals surface area contributed by atoms with Crippen LogP contribution in [0.25, 0.3) is 0 Å². The Hall–Kier alpha value is -1.82. The van der Waals surface area contributed by atoms with E-state index in [-0.39, 0.29) is 0 Å². The molecule has 1 radical (unpaired) electrons. The van der Waals surface area contributed by atoms with E-state index in [0.29, 0.717) is 5.92 Å². The Labute approximate surface area is 116 Å². The van der Waals surface area contributed by atoms with Crippen molar-refractivity contribution >= 4 is 0 Å². The maximum absolute atomic E-state index is 3.94. The summed E-state index contributed by atoms with van der Waals surface area (Å²) in [5, 5.41) is 0. The topological polar surface area (TPSA) is 0 Å². The van der Waals surface area contributed by atoms with Gasteiger partial charge in [0.25, 0.3) is 0 Å². The summed E-state index contributed by atoms with van der Waals surface area (Å²) in [6.45, 7) is 3.94. The van der Waals surface area contributed by atoms with Crippen LogP contribution in [0.1, 0.15) is 29.9 Å². The molecule has 1 unspecified atom stereocenters. The van der Waals surface area contributed by atoms with Crippen LogP contribution in [-0.2, 0) is 6.42 Å². The van der Waals surface area contributed by atoms with Gasteiger partial charge < -0.3 is 0 Å². The predicted octanol–water partition coefficient (Wildman–Crippen LogP) is 5.18. The quantitative estimate of drug-likeness (QED) is 0.468. The third-order valence-corrected chi connectivity index (χ3v) is 3.37. The highest BCUT2D eigenvalue weighted by molar-refractivity contribution is 5.26. The molecule has 1 atom stereocenters. The summed E-state index contributed by atoms with van der Waals surface area (Å²) in [7, 11) is 0. The Morgan fingerprint density at radius 3 is 2.16 bits per heavy atom. The van der Waals surface area contributed by atoms with Crippen LogP contribution >= 0.6 is 0 Å². The first kappa shape index (κ1) is 13.6. The summed E-state index contributed by atoms with van der Waals surface area (Å²) in [4.78, 5) is 0. The van der Waals surface area contributed by atoms with Gasteiger partial charge in [-0.2, -0.15) is 0 Å². The lowest BCUT2D eigenvalue weighted by atomic mass is 9.93. The smallest absolute Gasteiger partial charge is 0.00465 e. The van der Waals surface area contributed by atoms with E-state index in [4.69, 9.17) is 0 Å². The zero-order chi connectivity index (χ0) is 13.3. The SMILES string of the molecule is C=CC([CH]CCCc1ccccc1)c1ccccc1. The number of rotatable bonds is 7. The van der Waals surface area contributed by atoms with Crippen LogP contribution in [0, 0.1) is 6.42 Å². The molecule has 2 aromatic carbocycles. The molecule has 0 heteroatoms. The maximum atomic E-state index is 3.94. The molecule has 2 aromatic rings. The zero-order valence-electron chi connectivity index (χ0n) is 11.3. The van der Waals surface area contributed by atoms with E-state index < -0.39 is 0 Å². The molecule has 97 valence electrons. The van der Waals surface area contributed by atoms with E-state index in [1.807, 2.05) is 6.08 Å². The molecule has 19 heavy (non-hydrogen) atoms. The molecule has 0 amide bonds. The third kappa shape index (κ3) is 4.40. The van der Waals surface area contributed by atoms with Gasteiger partial charge in [0.2, 0.25) is 0 Å². The van der Waals surface area contributed by atoms with Gasteiger partial charge in [-0.3, -0.25) is 0 Å². The van der Waals surface area contributed by atoms with E-state index in [1.165, 1.54) is 17.5 Å². The van der Waals surface area contributed by atoms with Crippen molar-refractivity contribution in [1.29, 1.82) is 0 Å². The highest BCUT2D eigenvalue weighted by Gasteiger charge is 2.06. The van der Waals surface area contributed by atoms with Crippen molar-refractivity contribution in [3.8, 4) is 0 Å². The van der Waals surface area contributed by atoms with E-state index in [9.17, 15) is 0 Å². The van der Waals surface area contributed by atoms with Crippen LogP contribution in [0.3, 0.4) is 0 Å². The second-order valence-corrected chi connectivity index (χ2v) is 4.79. The Balaban J connectivity index is 1.77.